The number of esters is 1. The molecule has 3 aromatic rings. The Kier molecular flexibility index (Phi) is 9.67. The minimum absolute atomic E-state index is 0.0416. The van der Waals surface area contributed by atoms with Crippen molar-refractivity contribution in [2.24, 2.45) is 5.92 Å². The van der Waals surface area contributed by atoms with Crippen molar-refractivity contribution in [3.8, 4) is 5.75 Å². The minimum atomic E-state index is -0.479. The molecule has 1 heterocycles. The van der Waals surface area contributed by atoms with E-state index in [0.29, 0.717) is 40.1 Å². The smallest absolute Gasteiger partial charge is 0.337 e. The van der Waals surface area contributed by atoms with Gasteiger partial charge < -0.3 is 24.7 Å². The molecule has 37 heavy (non-hydrogen) atoms. The summed E-state index contributed by atoms with van der Waals surface area (Å²) in [7, 11) is 2.87. The van der Waals surface area contributed by atoms with E-state index in [1.165, 1.54) is 18.9 Å². The van der Waals surface area contributed by atoms with E-state index in [2.05, 4.69) is 20.8 Å². The lowest BCUT2D eigenvalue weighted by molar-refractivity contribution is -0.113. The van der Waals surface area contributed by atoms with E-state index < -0.39 is 5.97 Å². The number of ether oxygens (including phenoxy) is 2. The maximum absolute atomic E-state index is 12.9. The Hall–Kier alpha value is -3.86. The van der Waals surface area contributed by atoms with Crippen molar-refractivity contribution in [3.63, 3.8) is 0 Å². The monoisotopic (exact) mass is 525 g/mol. The number of hydrogen-bond donors (Lipinski definition) is 2. The van der Waals surface area contributed by atoms with Crippen LogP contribution in [0.3, 0.4) is 0 Å². The van der Waals surface area contributed by atoms with Gasteiger partial charge in [0.15, 0.2) is 11.0 Å². The first-order valence-electron chi connectivity index (χ1n) is 11.8. The molecule has 3 rings (SSSR count). The van der Waals surface area contributed by atoms with Gasteiger partial charge in [-0.25, -0.2) is 4.79 Å². The van der Waals surface area contributed by atoms with Crippen LogP contribution in [0, 0.1) is 5.92 Å². The second-order valence-corrected chi connectivity index (χ2v) is 9.36. The Bertz CT molecular complexity index is 1240. The molecule has 2 amide bonds. The summed E-state index contributed by atoms with van der Waals surface area (Å²) in [5.74, 6) is 0.457. The lowest BCUT2D eigenvalue weighted by Crippen LogP contribution is -2.33. The van der Waals surface area contributed by atoms with E-state index >= 15 is 0 Å². The summed E-state index contributed by atoms with van der Waals surface area (Å²) < 4.78 is 11.8. The van der Waals surface area contributed by atoms with Gasteiger partial charge >= 0.3 is 5.97 Å². The summed E-state index contributed by atoms with van der Waals surface area (Å²) in [6, 6.07) is 13.0. The molecule has 0 aliphatic heterocycles. The number of aromatic nitrogens is 3. The van der Waals surface area contributed by atoms with Crippen LogP contribution in [0.4, 0.5) is 5.69 Å². The zero-order valence-electron chi connectivity index (χ0n) is 21.5. The topological polar surface area (TPSA) is 124 Å². The third kappa shape index (κ3) is 7.10. The summed E-state index contributed by atoms with van der Waals surface area (Å²) in [5.41, 5.74) is 1.35. The number of methoxy groups -OCH3 is 2. The number of benzene rings is 2. The van der Waals surface area contributed by atoms with Gasteiger partial charge in [0.05, 0.1) is 31.6 Å². The highest BCUT2D eigenvalue weighted by atomic mass is 32.2. The van der Waals surface area contributed by atoms with Gasteiger partial charge in [0.2, 0.25) is 5.91 Å². The number of nitrogens with one attached hydrogen (secondary N) is 2. The SMILES string of the molecule is CCn1c(SCC(=O)Nc2cccc(C(=O)OC)c2)nnc1[C@@H](NC(=O)c1ccc(OC)cc1)C(C)C. The van der Waals surface area contributed by atoms with Crippen molar-refractivity contribution < 1.29 is 23.9 Å². The number of hydrogen-bond acceptors (Lipinski definition) is 8. The van der Waals surface area contributed by atoms with E-state index in [4.69, 9.17) is 9.47 Å². The molecule has 1 aromatic heterocycles. The Morgan fingerprint density at radius 1 is 1.03 bits per heavy atom. The van der Waals surface area contributed by atoms with Gasteiger partial charge in [-0.15, -0.1) is 10.2 Å². The lowest BCUT2D eigenvalue weighted by Gasteiger charge is -2.22. The zero-order chi connectivity index (χ0) is 26.9. The van der Waals surface area contributed by atoms with Crippen molar-refractivity contribution in [1.82, 2.24) is 20.1 Å². The molecule has 0 aliphatic rings. The zero-order valence-corrected chi connectivity index (χ0v) is 22.3. The van der Waals surface area contributed by atoms with E-state index in [1.54, 1.807) is 55.6 Å². The van der Waals surface area contributed by atoms with Crippen LogP contribution in [0.5, 0.6) is 5.75 Å². The first kappa shape index (κ1) is 27.7. The van der Waals surface area contributed by atoms with Gasteiger partial charge in [-0.3, -0.25) is 9.59 Å². The van der Waals surface area contributed by atoms with E-state index in [0.717, 1.165) is 0 Å². The highest BCUT2D eigenvalue weighted by Crippen LogP contribution is 2.26. The average molecular weight is 526 g/mol. The average Bonchev–Trinajstić information content (AvgIpc) is 3.32. The summed E-state index contributed by atoms with van der Waals surface area (Å²) >= 11 is 1.24. The molecule has 0 fully saturated rings. The standard InChI is InChI=1S/C26H31N5O5S/c1-6-31-23(22(16(2)3)28-24(33)17-10-12-20(35-4)13-11-17)29-30-26(31)37-15-21(32)27-19-9-7-8-18(14-19)25(34)36-5/h7-14,16,22H,6,15H2,1-5H3,(H,27,32)(H,28,33)/t22-/m0/s1. The quantitative estimate of drug-likeness (QED) is 0.285. The van der Waals surface area contributed by atoms with Crippen molar-refractivity contribution >= 4 is 35.2 Å². The van der Waals surface area contributed by atoms with Gasteiger partial charge in [-0.1, -0.05) is 31.7 Å². The fourth-order valence-corrected chi connectivity index (χ4v) is 4.41. The molecule has 0 bridgehead atoms. The fraction of sp³-hybridized carbons (Fsp3) is 0.346. The number of amides is 2. The summed E-state index contributed by atoms with van der Waals surface area (Å²) in [4.78, 5) is 37.2. The number of nitrogens with zero attached hydrogens (tertiary/aromatic N) is 3. The Morgan fingerprint density at radius 2 is 1.76 bits per heavy atom. The fourth-order valence-electron chi connectivity index (χ4n) is 3.60. The normalized spacial score (nSPS) is 11.6. The largest absolute Gasteiger partial charge is 0.497 e. The van der Waals surface area contributed by atoms with Crippen molar-refractivity contribution in [2.45, 2.75) is 38.5 Å². The van der Waals surface area contributed by atoms with Crippen molar-refractivity contribution in [2.75, 3.05) is 25.3 Å². The summed E-state index contributed by atoms with van der Waals surface area (Å²) in [6.45, 7) is 6.51. The molecule has 0 aliphatic carbocycles. The van der Waals surface area contributed by atoms with Crippen LogP contribution in [0.1, 0.15) is 53.4 Å². The first-order valence-corrected chi connectivity index (χ1v) is 12.7. The molecule has 2 N–H and O–H groups in total. The molecule has 10 nitrogen and oxygen atoms in total. The second kappa shape index (κ2) is 12.9. The predicted octanol–water partition coefficient (Wildman–Crippen LogP) is 3.95. The highest BCUT2D eigenvalue weighted by molar-refractivity contribution is 7.99. The van der Waals surface area contributed by atoms with Crippen LogP contribution in [0.25, 0.3) is 0 Å². The van der Waals surface area contributed by atoms with Gasteiger partial charge in [-0.05, 0) is 55.3 Å². The van der Waals surface area contributed by atoms with E-state index in [-0.39, 0.29) is 29.5 Å². The molecule has 0 spiro atoms. The maximum Gasteiger partial charge on any atom is 0.337 e. The Morgan fingerprint density at radius 3 is 2.38 bits per heavy atom. The molecule has 196 valence electrons. The van der Waals surface area contributed by atoms with Crippen LogP contribution in [0.2, 0.25) is 0 Å². The number of rotatable bonds is 11. The van der Waals surface area contributed by atoms with Crippen LogP contribution in [-0.4, -0.2) is 52.5 Å². The number of anilines is 1. The highest BCUT2D eigenvalue weighted by Gasteiger charge is 2.26. The summed E-state index contributed by atoms with van der Waals surface area (Å²) in [5, 5.41) is 15.1. The van der Waals surface area contributed by atoms with Gasteiger partial charge in [0, 0.05) is 17.8 Å². The Labute approximate surface area is 220 Å². The van der Waals surface area contributed by atoms with E-state index in [9.17, 15) is 14.4 Å². The first-order chi connectivity index (χ1) is 17.8. The van der Waals surface area contributed by atoms with Gasteiger partial charge in [0.1, 0.15) is 5.75 Å². The number of carbonyl (C=O) groups is 3. The third-order valence-corrected chi connectivity index (χ3v) is 6.51. The second-order valence-electron chi connectivity index (χ2n) is 8.42. The van der Waals surface area contributed by atoms with Crippen molar-refractivity contribution in [3.05, 3.63) is 65.5 Å². The number of carbonyl (C=O) groups excluding carboxylic acids is 3. The number of thioether (sulfide) groups is 1. The van der Waals surface area contributed by atoms with E-state index in [1.807, 2.05) is 25.3 Å². The molecule has 0 saturated carbocycles. The lowest BCUT2D eigenvalue weighted by atomic mass is 10.0. The molecule has 2 aromatic carbocycles. The predicted molar refractivity (Wildman–Crippen MR) is 141 cm³/mol. The molecule has 1 atom stereocenters. The van der Waals surface area contributed by atoms with Crippen LogP contribution >= 0.6 is 11.8 Å². The minimum Gasteiger partial charge on any atom is -0.497 e. The summed E-state index contributed by atoms with van der Waals surface area (Å²) in [6.07, 6.45) is 0. The van der Waals surface area contributed by atoms with Gasteiger partial charge in [-0.2, -0.15) is 0 Å². The molecule has 0 saturated heterocycles. The molecular weight excluding hydrogens is 494 g/mol. The van der Waals surface area contributed by atoms with Crippen LogP contribution in [-0.2, 0) is 16.1 Å². The van der Waals surface area contributed by atoms with Crippen LogP contribution in [0.15, 0.2) is 53.7 Å². The molecule has 11 heteroatoms. The van der Waals surface area contributed by atoms with Gasteiger partial charge in [0.25, 0.3) is 5.91 Å². The molecule has 0 radical (unpaired) electrons. The molecule has 0 unspecified atom stereocenters. The third-order valence-electron chi connectivity index (χ3n) is 5.55. The maximum atomic E-state index is 12.9. The Balaban J connectivity index is 1.69. The van der Waals surface area contributed by atoms with Crippen LogP contribution < -0.4 is 15.4 Å². The molecular formula is C26H31N5O5S. The van der Waals surface area contributed by atoms with Crippen molar-refractivity contribution in [1.29, 1.82) is 0 Å².